The topological polar surface area (TPSA) is 65.2 Å². The molecular weight excluding hydrogens is 338 g/mol. The fourth-order valence-corrected chi connectivity index (χ4v) is 3.65. The minimum absolute atomic E-state index is 0.146. The zero-order chi connectivity index (χ0) is 19.0. The standard InChI is InChI=1S/C22H23N3O2/c1-14-7-8-17(11-15(14)2)25-21(26)12-20(22(25)27)23-10-9-16-13-24-19-6-4-3-5-18(16)19/h3-8,11,13,20,23-24H,9-10,12H2,1-2H3/t20-/m0/s1. The van der Waals surface area contributed by atoms with Crippen LogP contribution in [0.15, 0.2) is 48.7 Å². The van der Waals surface area contributed by atoms with E-state index < -0.39 is 6.04 Å². The van der Waals surface area contributed by atoms with Crippen LogP contribution in [0.1, 0.15) is 23.1 Å². The molecule has 1 aliphatic rings. The van der Waals surface area contributed by atoms with Gasteiger partial charge in [0.2, 0.25) is 5.91 Å². The van der Waals surface area contributed by atoms with Crippen molar-refractivity contribution in [3.8, 4) is 0 Å². The van der Waals surface area contributed by atoms with Gasteiger partial charge in [-0.2, -0.15) is 0 Å². The smallest absolute Gasteiger partial charge is 0.251 e. The van der Waals surface area contributed by atoms with E-state index in [-0.39, 0.29) is 18.2 Å². The van der Waals surface area contributed by atoms with Crippen molar-refractivity contribution in [1.29, 1.82) is 0 Å². The quantitative estimate of drug-likeness (QED) is 0.686. The number of carbonyl (C=O) groups excluding carboxylic acids is 2. The molecule has 0 spiro atoms. The van der Waals surface area contributed by atoms with Crippen molar-refractivity contribution >= 4 is 28.4 Å². The van der Waals surface area contributed by atoms with Gasteiger partial charge < -0.3 is 10.3 Å². The molecular formula is C22H23N3O2. The molecule has 3 aromatic rings. The Morgan fingerprint density at radius 1 is 1.11 bits per heavy atom. The maximum atomic E-state index is 12.8. The van der Waals surface area contributed by atoms with Crippen LogP contribution in [-0.2, 0) is 16.0 Å². The number of imide groups is 1. The Bertz CT molecular complexity index is 1020. The van der Waals surface area contributed by atoms with E-state index in [9.17, 15) is 9.59 Å². The van der Waals surface area contributed by atoms with Gasteiger partial charge in [0.1, 0.15) is 0 Å². The van der Waals surface area contributed by atoms with Gasteiger partial charge >= 0.3 is 0 Å². The fraction of sp³-hybridized carbons (Fsp3) is 0.273. The van der Waals surface area contributed by atoms with E-state index in [1.807, 2.05) is 56.4 Å². The monoisotopic (exact) mass is 361 g/mol. The van der Waals surface area contributed by atoms with Gasteiger partial charge in [-0.05, 0) is 55.2 Å². The van der Waals surface area contributed by atoms with E-state index in [4.69, 9.17) is 0 Å². The van der Waals surface area contributed by atoms with E-state index in [2.05, 4.69) is 16.4 Å². The molecule has 0 radical (unpaired) electrons. The van der Waals surface area contributed by atoms with Crippen molar-refractivity contribution in [2.24, 2.45) is 0 Å². The molecule has 1 aromatic heterocycles. The Kier molecular flexibility index (Phi) is 4.54. The Labute approximate surface area is 158 Å². The molecule has 0 bridgehead atoms. The van der Waals surface area contributed by atoms with E-state index in [0.717, 1.165) is 23.1 Å². The molecule has 1 atom stereocenters. The van der Waals surface area contributed by atoms with Crippen LogP contribution in [0.4, 0.5) is 5.69 Å². The Hall–Kier alpha value is -2.92. The summed E-state index contributed by atoms with van der Waals surface area (Å²) >= 11 is 0. The SMILES string of the molecule is Cc1ccc(N2C(=O)C[C@H](NCCc3c[nH]c4ccccc34)C2=O)cc1C. The van der Waals surface area contributed by atoms with Gasteiger partial charge in [-0.1, -0.05) is 24.3 Å². The summed E-state index contributed by atoms with van der Waals surface area (Å²) in [7, 11) is 0. The molecule has 1 fully saturated rings. The molecule has 138 valence electrons. The predicted octanol–water partition coefficient (Wildman–Crippen LogP) is 3.25. The van der Waals surface area contributed by atoms with Crippen molar-refractivity contribution in [2.75, 3.05) is 11.4 Å². The van der Waals surface area contributed by atoms with Crippen molar-refractivity contribution in [2.45, 2.75) is 32.7 Å². The average Bonchev–Trinajstić information content (AvgIpc) is 3.19. The molecule has 2 N–H and O–H groups in total. The molecule has 27 heavy (non-hydrogen) atoms. The maximum absolute atomic E-state index is 12.8. The average molecular weight is 361 g/mol. The van der Waals surface area contributed by atoms with Gasteiger partial charge in [-0.25, -0.2) is 4.90 Å². The summed E-state index contributed by atoms with van der Waals surface area (Å²) in [5.41, 5.74) is 5.20. The highest BCUT2D eigenvalue weighted by molar-refractivity contribution is 6.22. The van der Waals surface area contributed by atoms with Crippen LogP contribution in [-0.4, -0.2) is 29.4 Å². The molecule has 2 amide bonds. The summed E-state index contributed by atoms with van der Waals surface area (Å²) < 4.78 is 0. The summed E-state index contributed by atoms with van der Waals surface area (Å²) in [4.78, 5) is 29.8. The minimum Gasteiger partial charge on any atom is -0.361 e. The second-order valence-corrected chi connectivity index (χ2v) is 7.16. The first-order valence-corrected chi connectivity index (χ1v) is 9.27. The summed E-state index contributed by atoms with van der Waals surface area (Å²) in [6, 6.07) is 13.4. The highest BCUT2D eigenvalue weighted by Gasteiger charge is 2.39. The molecule has 2 aromatic carbocycles. The van der Waals surface area contributed by atoms with Crippen LogP contribution >= 0.6 is 0 Å². The van der Waals surface area contributed by atoms with Crippen LogP contribution in [0.3, 0.4) is 0 Å². The lowest BCUT2D eigenvalue weighted by molar-refractivity contribution is -0.121. The van der Waals surface area contributed by atoms with Crippen LogP contribution in [0.5, 0.6) is 0 Å². The number of hydrogen-bond donors (Lipinski definition) is 2. The number of rotatable bonds is 5. The summed E-state index contributed by atoms with van der Waals surface area (Å²) in [5.74, 6) is -0.310. The van der Waals surface area contributed by atoms with Crippen molar-refractivity contribution in [3.05, 3.63) is 65.4 Å². The number of para-hydroxylation sites is 1. The molecule has 5 nitrogen and oxygen atoms in total. The normalized spacial score (nSPS) is 17.3. The third-order valence-corrected chi connectivity index (χ3v) is 5.36. The molecule has 1 saturated heterocycles. The number of amides is 2. The van der Waals surface area contributed by atoms with Crippen LogP contribution in [0.25, 0.3) is 10.9 Å². The summed E-state index contributed by atoms with van der Waals surface area (Å²) in [6.45, 7) is 4.65. The van der Waals surface area contributed by atoms with E-state index in [1.54, 1.807) is 0 Å². The van der Waals surface area contributed by atoms with E-state index in [1.165, 1.54) is 15.8 Å². The molecule has 5 heteroatoms. The zero-order valence-corrected chi connectivity index (χ0v) is 15.6. The molecule has 0 aliphatic carbocycles. The molecule has 2 heterocycles. The van der Waals surface area contributed by atoms with Gasteiger partial charge in [-0.3, -0.25) is 9.59 Å². The lowest BCUT2D eigenvalue weighted by atomic mass is 10.1. The number of aromatic amines is 1. The highest BCUT2D eigenvalue weighted by Crippen LogP contribution is 2.25. The Morgan fingerprint density at radius 3 is 2.74 bits per heavy atom. The maximum Gasteiger partial charge on any atom is 0.251 e. The number of carbonyl (C=O) groups is 2. The number of nitrogens with zero attached hydrogens (tertiary/aromatic N) is 1. The summed E-state index contributed by atoms with van der Waals surface area (Å²) in [5, 5.41) is 4.46. The van der Waals surface area contributed by atoms with Gasteiger partial charge in [0.15, 0.2) is 0 Å². The first-order chi connectivity index (χ1) is 13.0. The first-order valence-electron chi connectivity index (χ1n) is 9.27. The summed E-state index contributed by atoms with van der Waals surface area (Å²) in [6.07, 6.45) is 3.01. The Balaban J connectivity index is 1.42. The van der Waals surface area contributed by atoms with Crippen molar-refractivity contribution in [3.63, 3.8) is 0 Å². The zero-order valence-electron chi connectivity index (χ0n) is 15.6. The minimum atomic E-state index is -0.454. The van der Waals surface area contributed by atoms with E-state index >= 15 is 0 Å². The number of fused-ring (bicyclic) bond motifs is 1. The molecule has 1 aliphatic heterocycles. The number of aromatic nitrogens is 1. The number of aryl methyl sites for hydroxylation is 2. The van der Waals surface area contributed by atoms with Gasteiger partial charge in [-0.15, -0.1) is 0 Å². The van der Waals surface area contributed by atoms with Gasteiger partial charge in [0, 0.05) is 23.6 Å². The fourth-order valence-electron chi connectivity index (χ4n) is 3.65. The largest absolute Gasteiger partial charge is 0.361 e. The van der Waals surface area contributed by atoms with Gasteiger partial charge in [0.05, 0.1) is 18.2 Å². The molecule has 4 rings (SSSR count). The second-order valence-electron chi connectivity index (χ2n) is 7.16. The van der Waals surface area contributed by atoms with Crippen LogP contribution in [0, 0.1) is 13.8 Å². The second kappa shape index (κ2) is 7.00. The number of nitrogens with one attached hydrogen (secondary N) is 2. The predicted molar refractivity (Wildman–Crippen MR) is 107 cm³/mol. The van der Waals surface area contributed by atoms with Crippen molar-refractivity contribution in [1.82, 2.24) is 10.3 Å². The Morgan fingerprint density at radius 2 is 1.93 bits per heavy atom. The molecule has 0 unspecified atom stereocenters. The number of anilines is 1. The third kappa shape index (κ3) is 3.26. The lowest BCUT2D eigenvalue weighted by Crippen LogP contribution is -2.39. The molecule has 0 saturated carbocycles. The van der Waals surface area contributed by atoms with Crippen molar-refractivity contribution < 1.29 is 9.59 Å². The lowest BCUT2D eigenvalue weighted by Gasteiger charge is -2.16. The number of benzene rings is 2. The van der Waals surface area contributed by atoms with Crippen LogP contribution < -0.4 is 10.2 Å². The van der Waals surface area contributed by atoms with Gasteiger partial charge in [0.25, 0.3) is 5.91 Å². The van der Waals surface area contributed by atoms with Crippen LogP contribution in [0.2, 0.25) is 0 Å². The number of H-pyrrole nitrogens is 1. The number of hydrogen-bond acceptors (Lipinski definition) is 3. The first kappa shape index (κ1) is 17.5. The third-order valence-electron chi connectivity index (χ3n) is 5.36. The van der Waals surface area contributed by atoms with E-state index in [0.29, 0.717) is 12.2 Å². The highest BCUT2D eigenvalue weighted by atomic mass is 16.2.